The summed E-state index contributed by atoms with van der Waals surface area (Å²) < 4.78 is 0. The highest BCUT2D eigenvalue weighted by atomic mass is 16.2. The van der Waals surface area contributed by atoms with Gasteiger partial charge in [-0.2, -0.15) is 0 Å². The van der Waals surface area contributed by atoms with Gasteiger partial charge >= 0.3 is 0 Å². The summed E-state index contributed by atoms with van der Waals surface area (Å²) in [5.41, 5.74) is 1.86. The largest absolute Gasteiger partial charge is 0.353 e. The Morgan fingerprint density at radius 1 is 1.00 bits per heavy atom. The highest BCUT2D eigenvalue weighted by Crippen LogP contribution is 2.17. The predicted octanol–water partition coefficient (Wildman–Crippen LogP) is 3.53. The minimum atomic E-state index is -0.0901. The van der Waals surface area contributed by atoms with Gasteiger partial charge in [-0.15, -0.1) is 0 Å². The molecule has 0 radical (unpaired) electrons. The Kier molecular flexibility index (Phi) is 8.44. The molecule has 3 rings (SSSR count). The molecule has 1 aromatic carbocycles. The minimum Gasteiger partial charge on any atom is -0.353 e. The third-order valence-electron chi connectivity index (χ3n) is 6.03. The Hall–Kier alpha value is -2.89. The van der Waals surface area contributed by atoms with Crippen molar-refractivity contribution < 1.29 is 9.59 Å². The van der Waals surface area contributed by atoms with Crippen molar-refractivity contribution in [2.75, 3.05) is 37.6 Å². The van der Waals surface area contributed by atoms with Gasteiger partial charge in [0.05, 0.1) is 5.56 Å². The molecule has 1 aliphatic heterocycles. The Bertz CT molecular complexity index is 826. The van der Waals surface area contributed by atoms with E-state index in [2.05, 4.69) is 41.2 Å². The second kappa shape index (κ2) is 11.5. The molecular weight excluding hydrogens is 388 g/mol. The van der Waals surface area contributed by atoms with Gasteiger partial charge in [0.1, 0.15) is 5.82 Å². The van der Waals surface area contributed by atoms with Crippen molar-refractivity contribution in [3.8, 4) is 0 Å². The maximum atomic E-state index is 12.6. The van der Waals surface area contributed by atoms with Crippen molar-refractivity contribution in [1.82, 2.24) is 15.2 Å². The Morgan fingerprint density at radius 3 is 2.32 bits per heavy atom. The molecule has 1 saturated heterocycles. The number of nitrogens with zero attached hydrogens (tertiary/aromatic N) is 3. The fourth-order valence-corrected chi connectivity index (χ4v) is 4.00. The van der Waals surface area contributed by atoms with Crippen LogP contribution >= 0.6 is 0 Å². The van der Waals surface area contributed by atoms with E-state index in [4.69, 9.17) is 0 Å². The molecule has 0 unspecified atom stereocenters. The Labute approximate surface area is 185 Å². The second-order valence-electron chi connectivity index (χ2n) is 8.08. The van der Waals surface area contributed by atoms with Crippen LogP contribution in [-0.4, -0.2) is 54.4 Å². The lowest BCUT2D eigenvalue weighted by molar-refractivity contribution is -0.136. The summed E-state index contributed by atoms with van der Waals surface area (Å²) in [6, 6.07) is 14.0. The van der Waals surface area contributed by atoms with Gasteiger partial charge in [-0.05, 0) is 43.4 Å². The Morgan fingerprint density at radius 2 is 1.71 bits per heavy atom. The third kappa shape index (κ3) is 6.29. The number of carbonyl (C=O) groups is 2. The van der Waals surface area contributed by atoms with E-state index in [1.807, 2.05) is 35.2 Å². The van der Waals surface area contributed by atoms with Gasteiger partial charge < -0.3 is 15.1 Å². The average molecular weight is 423 g/mol. The monoisotopic (exact) mass is 422 g/mol. The van der Waals surface area contributed by atoms with Crippen LogP contribution in [0.3, 0.4) is 0 Å². The molecule has 31 heavy (non-hydrogen) atoms. The summed E-state index contributed by atoms with van der Waals surface area (Å²) in [7, 11) is 0. The highest BCUT2D eigenvalue weighted by Gasteiger charge is 2.25. The lowest BCUT2D eigenvalue weighted by atomic mass is 10.0. The second-order valence-corrected chi connectivity index (χ2v) is 8.08. The van der Waals surface area contributed by atoms with Crippen LogP contribution in [0.1, 0.15) is 49.0 Å². The zero-order valence-corrected chi connectivity index (χ0v) is 18.7. The van der Waals surface area contributed by atoms with Crippen LogP contribution in [0.2, 0.25) is 0 Å². The number of amides is 2. The number of aryl methyl sites for hydroxylation is 1. The average Bonchev–Trinajstić information content (AvgIpc) is 2.83. The number of benzene rings is 1. The van der Waals surface area contributed by atoms with Crippen molar-refractivity contribution in [2.24, 2.45) is 5.92 Å². The molecule has 6 heteroatoms. The molecule has 0 atom stereocenters. The number of piperazine rings is 1. The van der Waals surface area contributed by atoms with Crippen molar-refractivity contribution in [2.45, 2.75) is 39.5 Å². The quantitative estimate of drug-likeness (QED) is 0.628. The summed E-state index contributed by atoms with van der Waals surface area (Å²) >= 11 is 0. The fraction of sp³-hybridized carbons (Fsp3) is 0.480. The third-order valence-corrected chi connectivity index (χ3v) is 6.03. The number of carbonyl (C=O) groups excluding carboxylic acids is 2. The van der Waals surface area contributed by atoms with Gasteiger partial charge in [-0.25, -0.2) is 4.98 Å². The van der Waals surface area contributed by atoms with Crippen LogP contribution in [0.15, 0.2) is 48.7 Å². The maximum absolute atomic E-state index is 12.6. The van der Waals surface area contributed by atoms with E-state index in [-0.39, 0.29) is 17.7 Å². The summed E-state index contributed by atoms with van der Waals surface area (Å²) in [5, 5.41) is 2.97. The van der Waals surface area contributed by atoms with Crippen molar-refractivity contribution in [1.29, 1.82) is 0 Å². The zero-order valence-electron chi connectivity index (χ0n) is 18.7. The SMILES string of the molecule is CCC(CC)C(=O)N1CCN(c2ccc(C(=O)NCCCc3ccccc3)cn2)CC1. The molecule has 1 aromatic heterocycles. The van der Waals surface area contributed by atoms with Crippen LogP contribution in [0.4, 0.5) is 5.82 Å². The van der Waals surface area contributed by atoms with E-state index in [0.717, 1.165) is 57.7 Å². The van der Waals surface area contributed by atoms with Crippen LogP contribution < -0.4 is 10.2 Å². The molecule has 2 heterocycles. The maximum Gasteiger partial charge on any atom is 0.252 e. The Balaban J connectivity index is 1.43. The normalized spacial score (nSPS) is 14.0. The van der Waals surface area contributed by atoms with Gasteiger partial charge in [0.2, 0.25) is 5.91 Å². The minimum absolute atomic E-state index is 0.0901. The van der Waals surface area contributed by atoms with Crippen molar-refractivity contribution in [3.05, 3.63) is 59.8 Å². The predicted molar refractivity (Wildman–Crippen MR) is 124 cm³/mol. The van der Waals surface area contributed by atoms with E-state index in [9.17, 15) is 9.59 Å². The van der Waals surface area contributed by atoms with Gasteiger partial charge in [0.25, 0.3) is 5.91 Å². The molecule has 2 amide bonds. The van der Waals surface area contributed by atoms with Crippen LogP contribution in [0.5, 0.6) is 0 Å². The van der Waals surface area contributed by atoms with Gasteiger partial charge in [0, 0.05) is 44.8 Å². The van der Waals surface area contributed by atoms with Crippen LogP contribution in [-0.2, 0) is 11.2 Å². The summed E-state index contributed by atoms with van der Waals surface area (Å²) in [6.45, 7) is 7.78. The lowest BCUT2D eigenvalue weighted by Gasteiger charge is -2.36. The first-order chi connectivity index (χ1) is 15.1. The molecule has 0 spiro atoms. The fourth-order valence-electron chi connectivity index (χ4n) is 4.00. The topological polar surface area (TPSA) is 65.5 Å². The van der Waals surface area contributed by atoms with E-state index in [0.29, 0.717) is 12.1 Å². The zero-order chi connectivity index (χ0) is 22.1. The first kappa shape index (κ1) is 22.8. The number of anilines is 1. The van der Waals surface area contributed by atoms with Gasteiger partial charge in [0.15, 0.2) is 0 Å². The smallest absolute Gasteiger partial charge is 0.252 e. The molecule has 1 fully saturated rings. The van der Waals surface area contributed by atoms with Crippen molar-refractivity contribution >= 4 is 17.6 Å². The van der Waals surface area contributed by atoms with Crippen molar-refractivity contribution in [3.63, 3.8) is 0 Å². The molecule has 0 saturated carbocycles. The molecule has 2 aromatic rings. The summed E-state index contributed by atoms with van der Waals surface area (Å²) in [5.74, 6) is 1.18. The molecule has 1 N–H and O–H groups in total. The molecular formula is C25H34N4O2. The van der Waals surface area contributed by atoms with Gasteiger partial charge in [-0.1, -0.05) is 44.2 Å². The van der Waals surface area contributed by atoms with E-state index < -0.39 is 0 Å². The van der Waals surface area contributed by atoms with E-state index in [1.54, 1.807) is 6.20 Å². The highest BCUT2D eigenvalue weighted by molar-refractivity contribution is 5.94. The van der Waals surface area contributed by atoms with E-state index in [1.165, 1.54) is 5.56 Å². The number of pyridine rings is 1. The molecule has 0 bridgehead atoms. The first-order valence-corrected chi connectivity index (χ1v) is 11.4. The molecule has 166 valence electrons. The number of nitrogens with one attached hydrogen (secondary N) is 1. The number of rotatable bonds is 9. The van der Waals surface area contributed by atoms with Crippen LogP contribution in [0, 0.1) is 5.92 Å². The lowest BCUT2D eigenvalue weighted by Crippen LogP contribution is -2.50. The number of hydrogen-bond acceptors (Lipinski definition) is 4. The number of aromatic nitrogens is 1. The van der Waals surface area contributed by atoms with E-state index >= 15 is 0 Å². The standard InChI is InChI=1S/C25H34N4O2/c1-3-21(4-2)25(31)29-17-15-28(16-18-29)23-13-12-22(19-27-23)24(30)26-14-8-11-20-9-6-5-7-10-20/h5-7,9-10,12-13,19,21H,3-4,8,11,14-18H2,1-2H3,(H,26,30). The molecule has 1 aliphatic rings. The van der Waals surface area contributed by atoms with Gasteiger partial charge in [-0.3, -0.25) is 9.59 Å². The molecule has 0 aliphatic carbocycles. The summed E-state index contributed by atoms with van der Waals surface area (Å²) in [4.78, 5) is 33.6. The molecule has 6 nitrogen and oxygen atoms in total. The first-order valence-electron chi connectivity index (χ1n) is 11.4. The number of hydrogen-bond donors (Lipinski definition) is 1. The van der Waals surface area contributed by atoms with Crippen LogP contribution in [0.25, 0.3) is 0 Å². The summed E-state index contributed by atoms with van der Waals surface area (Å²) in [6.07, 6.45) is 5.29.